The van der Waals surface area contributed by atoms with E-state index in [1.807, 2.05) is 12.1 Å². The zero-order valence-corrected chi connectivity index (χ0v) is 15.8. The zero-order valence-electron chi connectivity index (χ0n) is 15.8. The normalized spacial score (nSPS) is 21.5. The quantitative estimate of drug-likeness (QED) is 0.806. The standard InChI is InChI=1S/C20H30N2O4/c1-24-18-6-5-15(12-19(18)25-2)14-22-9-7-16(8-10-22)20(23)21-13-17-4-3-11-26-17/h5-6,12,16-17H,3-4,7-11,13-14H2,1-2H3,(H,21,23)/t17-/m1/s1. The number of likely N-dealkylation sites (tertiary alicyclic amines) is 1. The van der Waals surface area contributed by atoms with Gasteiger partial charge in [0.15, 0.2) is 11.5 Å². The lowest BCUT2D eigenvalue weighted by Gasteiger charge is -2.31. The first kappa shape index (κ1) is 19.0. The van der Waals surface area contributed by atoms with Crippen molar-refractivity contribution in [3.8, 4) is 11.5 Å². The molecule has 26 heavy (non-hydrogen) atoms. The van der Waals surface area contributed by atoms with E-state index >= 15 is 0 Å². The fourth-order valence-electron chi connectivity index (χ4n) is 3.75. The Bertz CT molecular complexity index is 593. The number of carbonyl (C=O) groups is 1. The van der Waals surface area contributed by atoms with Crippen LogP contribution in [0.4, 0.5) is 0 Å². The highest BCUT2D eigenvalue weighted by Gasteiger charge is 2.26. The monoisotopic (exact) mass is 362 g/mol. The molecule has 2 saturated heterocycles. The minimum absolute atomic E-state index is 0.123. The Morgan fingerprint density at radius 1 is 1.19 bits per heavy atom. The summed E-state index contributed by atoms with van der Waals surface area (Å²) >= 11 is 0. The Balaban J connectivity index is 1.44. The molecule has 6 nitrogen and oxygen atoms in total. The molecule has 1 N–H and O–H groups in total. The van der Waals surface area contributed by atoms with E-state index in [1.165, 1.54) is 5.56 Å². The van der Waals surface area contributed by atoms with Gasteiger partial charge in [-0.05, 0) is 56.5 Å². The van der Waals surface area contributed by atoms with Crippen molar-refractivity contribution in [1.82, 2.24) is 10.2 Å². The van der Waals surface area contributed by atoms with Gasteiger partial charge in [0.25, 0.3) is 0 Å². The van der Waals surface area contributed by atoms with Crippen molar-refractivity contribution >= 4 is 5.91 Å². The Labute approximate surface area is 155 Å². The van der Waals surface area contributed by atoms with Gasteiger partial charge in [-0.15, -0.1) is 0 Å². The highest BCUT2D eigenvalue weighted by Crippen LogP contribution is 2.28. The molecule has 2 fully saturated rings. The third-order valence-electron chi connectivity index (χ3n) is 5.34. The molecule has 2 heterocycles. The SMILES string of the molecule is COc1ccc(CN2CCC(C(=O)NC[C@H]3CCCO3)CC2)cc1OC. The van der Waals surface area contributed by atoms with E-state index in [2.05, 4.69) is 16.3 Å². The summed E-state index contributed by atoms with van der Waals surface area (Å²) in [5.74, 6) is 1.82. The average Bonchev–Trinajstić information content (AvgIpc) is 3.20. The van der Waals surface area contributed by atoms with Gasteiger partial charge in [0.2, 0.25) is 5.91 Å². The van der Waals surface area contributed by atoms with Gasteiger partial charge in [0, 0.05) is 25.6 Å². The number of amides is 1. The van der Waals surface area contributed by atoms with Crippen molar-refractivity contribution in [2.75, 3.05) is 40.5 Å². The van der Waals surface area contributed by atoms with Gasteiger partial charge in [0.1, 0.15) is 0 Å². The van der Waals surface area contributed by atoms with Crippen LogP contribution in [0.25, 0.3) is 0 Å². The second kappa shape index (κ2) is 9.24. The van der Waals surface area contributed by atoms with Crippen LogP contribution in [0.3, 0.4) is 0 Å². The van der Waals surface area contributed by atoms with Crippen LogP contribution in [-0.2, 0) is 16.1 Å². The first-order chi connectivity index (χ1) is 12.7. The lowest BCUT2D eigenvalue weighted by atomic mass is 9.95. The number of hydrogen-bond acceptors (Lipinski definition) is 5. The number of ether oxygens (including phenoxy) is 3. The first-order valence-corrected chi connectivity index (χ1v) is 9.52. The van der Waals surface area contributed by atoms with Gasteiger partial charge < -0.3 is 19.5 Å². The molecule has 1 aromatic carbocycles. The number of methoxy groups -OCH3 is 2. The van der Waals surface area contributed by atoms with Crippen molar-refractivity contribution < 1.29 is 19.0 Å². The molecule has 0 spiro atoms. The molecular formula is C20H30N2O4. The van der Waals surface area contributed by atoms with E-state index in [4.69, 9.17) is 14.2 Å². The lowest BCUT2D eigenvalue weighted by Crippen LogP contribution is -2.42. The van der Waals surface area contributed by atoms with E-state index in [9.17, 15) is 4.79 Å². The Kier molecular flexibility index (Phi) is 6.74. The number of rotatable bonds is 7. The summed E-state index contributed by atoms with van der Waals surface area (Å²) in [5.41, 5.74) is 1.20. The highest BCUT2D eigenvalue weighted by atomic mass is 16.5. The molecule has 0 unspecified atom stereocenters. The van der Waals surface area contributed by atoms with Crippen LogP contribution >= 0.6 is 0 Å². The molecule has 0 bridgehead atoms. The molecule has 1 amide bonds. The van der Waals surface area contributed by atoms with E-state index in [-0.39, 0.29) is 17.9 Å². The van der Waals surface area contributed by atoms with E-state index < -0.39 is 0 Å². The minimum atomic E-state index is 0.123. The van der Waals surface area contributed by atoms with Crippen LogP contribution in [0.15, 0.2) is 18.2 Å². The Morgan fingerprint density at radius 2 is 1.96 bits per heavy atom. The van der Waals surface area contributed by atoms with Crippen molar-refractivity contribution in [3.05, 3.63) is 23.8 Å². The van der Waals surface area contributed by atoms with Gasteiger partial charge in [-0.2, -0.15) is 0 Å². The summed E-state index contributed by atoms with van der Waals surface area (Å²) in [4.78, 5) is 14.8. The number of hydrogen-bond donors (Lipinski definition) is 1. The van der Waals surface area contributed by atoms with E-state index in [0.717, 1.165) is 63.4 Å². The fraction of sp³-hybridized carbons (Fsp3) is 0.650. The number of nitrogens with zero attached hydrogens (tertiary/aromatic N) is 1. The van der Waals surface area contributed by atoms with Crippen LogP contribution in [0, 0.1) is 5.92 Å². The van der Waals surface area contributed by atoms with E-state index in [1.54, 1.807) is 14.2 Å². The molecule has 2 aliphatic rings. The molecule has 1 aromatic rings. The molecule has 144 valence electrons. The topological polar surface area (TPSA) is 60.0 Å². The smallest absolute Gasteiger partial charge is 0.223 e. The molecule has 1 atom stereocenters. The van der Waals surface area contributed by atoms with Crippen molar-refractivity contribution in [2.24, 2.45) is 5.92 Å². The first-order valence-electron chi connectivity index (χ1n) is 9.52. The predicted octanol–water partition coefficient (Wildman–Crippen LogP) is 2.21. The second-order valence-electron chi connectivity index (χ2n) is 7.12. The summed E-state index contributed by atoms with van der Waals surface area (Å²) in [5, 5.41) is 3.07. The van der Waals surface area contributed by atoms with Gasteiger partial charge >= 0.3 is 0 Å². The summed E-state index contributed by atoms with van der Waals surface area (Å²) in [6.45, 7) is 4.23. The van der Waals surface area contributed by atoms with Crippen molar-refractivity contribution in [1.29, 1.82) is 0 Å². The number of nitrogens with one attached hydrogen (secondary N) is 1. The maximum absolute atomic E-state index is 12.4. The number of piperidine rings is 1. The summed E-state index contributed by atoms with van der Waals surface area (Å²) in [6, 6.07) is 6.04. The third-order valence-corrected chi connectivity index (χ3v) is 5.34. The van der Waals surface area contributed by atoms with Gasteiger partial charge in [-0.25, -0.2) is 0 Å². The molecular weight excluding hydrogens is 332 g/mol. The van der Waals surface area contributed by atoms with Crippen LogP contribution in [0.2, 0.25) is 0 Å². The number of benzene rings is 1. The average molecular weight is 362 g/mol. The molecule has 0 aliphatic carbocycles. The predicted molar refractivity (Wildman–Crippen MR) is 99.5 cm³/mol. The molecule has 3 rings (SSSR count). The lowest BCUT2D eigenvalue weighted by molar-refractivity contribution is -0.127. The van der Waals surface area contributed by atoms with Crippen molar-refractivity contribution in [2.45, 2.75) is 38.3 Å². The van der Waals surface area contributed by atoms with Crippen LogP contribution < -0.4 is 14.8 Å². The van der Waals surface area contributed by atoms with Gasteiger partial charge in [-0.1, -0.05) is 6.07 Å². The summed E-state index contributed by atoms with van der Waals surface area (Å²) < 4.78 is 16.2. The maximum Gasteiger partial charge on any atom is 0.223 e. The van der Waals surface area contributed by atoms with Crippen LogP contribution in [0.5, 0.6) is 11.5 Å². The van der Waals surface area contributed by atoms with Gasteiger partial charge in [0.05, 0.1) is 20.3 Å². The maximum atomic E-state index is 12.4. The molecule has 0 aromatic heterocycles. The molecule has 6 heteroatoms. The third kappa shape index (κ3) is 4.89. The zero-order chi connectivity index (χ0) is 18.4. The summed E-state index contributed by atoms with van der Waals surface area (Å²) in [7, 11) is 3.30. The minimum Gasteiger partial charge on any atom is -0.493 e. The van der Waals surface area contributed by atoms with E-state index in [0.29, 0.717) is 6.54 Å². The van der Waals surface area contributed by atoms with Crippen molar-refractivity contribution in [3.63, 3.8) is 0 Å². The van der Waals surface area contributed by atoms with Crippen LogP contribution in [-0.4, -0.2) is 57.4 Å². The van der Waals surface area contributed by atoms with Crippen LogP contribution in [0.1, 0.15) is 31.2 Å². The molecule has 0 saturated carbocycles. The largest absolute Gasteiger partial charge is 0.493 e. The Morgan fingerprint density at radius 3 is 2.62 bits per heavy atom. The fourth-order valence-corrected chi connectivity index (χ4v) is 3.75. The number of carbonyl (C=O) groups excluding carboxylic acids is 1. The second-order valence-corrected chi connectivity index (χ2v) is 7.12. The summed E-state index contributed by atoms with van der Waals surface area (Å²) in [6.07, 6.45) is 4.19. The Hall–Kier alpha value is -1.79. The van der Waals surface area contributed by atoms with Gasteiger partial charge in [-0.3, -0.25) is 9.69 Å². The molecule has 0 radical (unpaired) electrons. The molecule has 2 aliphatic heterocycles. The highest BCUT2D eigenvalue weighted by molar-refractivity contribution is 5.78.